The molecule has 0 saturated carbocycles. The predicted octanol–water partition coefficient (Wildman–Crippen LogP) is 3.82. The number of carbonyl (C=O) groups is 1. The Labute approximate surface area is 142 Å². The van der Waals surface area contributed by atoms with Gasteiger partial charge >= 0.3 is 5.97 Å². The zero-order valence-electron chi connectivity index (χ0n) is 13.5. The zero-order valence-corrected chi connectivity index (χ0v) is 13.5. The molecule has 1 aromatic heterocycles. The van der Waals surface area contributed by atoms with E-state index >= 15 is 0 Å². The van der Waals surface area contributed by atoms with Gasteiger partial charge in [0.15, 0.2) is 0 Å². The molecule has 0 unspecified atom stereocenters. The molecule has 5 nitrogen and oxygen atoms in total. The second-order valence-electron chi connectivity index (χ2n) is 5.17. The Kier molecular flexibility index (Phi) is 4.47. The van der Waals surface area contributed by atoms with Crippen LogP contribution in [0.25, 0.3) is 22.5 Å². The van der Waals surface area contributed by atoms with Crippen molar-refractivity contribution in [3.05, 3.63) is 59.7 Å². The molecule has 7 heteroatoms. The lowest BCUT2D eigenvalue weighted by Crippen LogP contribution is -2.04. The highest BCUT2D eigenvalue weighted by atomic mass is 19.1. The van der Waals surface area contributed by atoms with Gasteiger partial charge in [0.2, 0.25) is 0 Å². The first-order valence-electron chi connectivity index (χ1n) is 7.31. The van der Waals surface area contributed by atoms with Gasteiger partial charge in [-0.2, -0.15) is 5.10 Å². The monoisotopic (exact) mass is 344 g/mol. The Balaban J connectivity index is 2.00. The Morgan fingerprint density at radius 3 is 2.56 bits per heavy atom. The van der Waals surface area contributed by atoms with Crippen molar-refractivity contribution in [1.82, 2.24) is 10.2 Å². The quantitative estimate of drug-likeness (QED) is 0.731. The smallest absolute Gasteiger partial charge is 0.340 e. The van der Waals surface area contributed by atoms with Gasteiger partial charge < -0.3 is 9.47 Å². The van der Waals surface area contributed by atoms with Crippen LogP contribution in [-0.2, 0) is 4.74 Å². The number of nitrogens with zero attached hydrogens (tertiary/aromatic N) is 1. The molecule has 3 aromatic rings. The molecule has 0 saturated heterocycles. The van der Waals surface area contributed by atoms with Crippen molar-refractivity contribution >= 4 is 5.97 Å². The van der Waals surface area contributed by atoms with Crippen LogP contribution >= 0.6 is 0 Å². The number of hydrogen-bond acceptors (Lipinski definition) is 4. The maximum absolute atomic E-state index is 14.1. The highest BCUT2D eigenvalue weighted by Gasteiger charge is 2.17. The minimum atomic E-state index is -0.761. The standard InChI is InChI=1S/C18H14F2N2O3/c1-24-16-5-3-4-12(19)17(16)15-9-14(21-22-15)10-6-7-11(13(20)8-10)18(23)25-2/h3-9H,1-2H3,(H,21,22). The van der Waals surface area contributed by atoms with Crippen molar-refractivity contribution in [3.63, 3.8) is 0 Å². The molecule has 3 rings (SSSR count). The number of nitrogens with one attached hydrogen (secondary N) is 1. The number of halogens is 2. The van der Waals surface area contributed by atoms with Gasteiger partial charge in [0.05, 0.1) is 36.7 Å². The summed E-state index contributed by atoms with van der Waals surface area (Å²) in [4.78, 5) is 11.4. The molecule has 0 radical (unpaired) electrons. The summed E-state index contributed by atoms with van der Waals surface area (Å²) >= 11 is 0. The molecule has 0 aliphatic carbocycles. The van der Waals surface area contributed by atoms with Crippen LogP contribution in [0, 0.1) is 11.6 Å². The average Bonchev–Trinajstić information content (AvgIpc) is 3.10. The molecule has 25 heavy (non-hydrogen) atoms. The molecule has 0 aliphatic heterocycles. The summed E-state index contributed by atoms with van der Waals surface area (Å²) in [6.07, 6.45) is 0. The molecular formula is C18H14F2N2O3. The van der Waals surface area contributed by atoms with Gasteiger partial charge in [0.1, 0.15) is 17.4 Å². The third-order valence-electron chi connectivity index (χ3n) is 3.71. The number of aromatic nitrogens is 2. The fourth-order valence-electron chi connectivity index (χ4n) is 2.48. The van der Waals surface area contributed by atoms with Crippen molar-refractivity contribution in [2.24, 2.45) is 0 Å². The fourth-order valence-corrected chi connectivity index (χ4v) is 2.48. The lowest BCUT2D eigenvalue weighted by atomic mass is 10.1. The van der Waals surface area contributed by atoms with E-state index in [1.165, 1.54) is 44.6 Å². The summed E-state index contributed by atoms with van der Waals surface area (Å²) in [6.45, 7) is 0. The summed E-state index contributed by atoms with van der Waals surface area (Å²) in [5, 5.41) is 6.81. The summed E-state index contributed by atoms with van der Waals surface area (Å²) in [5.74, 6) is -1.61. The van der Waals surface area contributed by atoms with Crippen LogP contribution in [0.15, 0.2) is 42.5 Å². The van der Waals surface area contributed by atoms with E-state index < -0.39 is 17.6 Å². The van der Waals surface area contributed by atoms with Gasteiger partial charge in [-0.05, 0) is 30.3 Å². The average molecular weight is 344 g/mol. The summed E-state index contributed by atoms with van der Waals surface area (Å²) in [5.41, 5.74) is 1.29. The first kappa shape index (κ1) is 16.6. The molecular weight excluding hydrogens is 330 g/mol. The molecule has 2 aromatic carbocycles. The zero-order chi connectivity index (χ0) is 18.0. The third-order valence-corrected chi connectivity index (χ3v) is 3.71. The van der Waals surface area contributed by atoms with Gasteiger partial charge in [0.25, 0.3) is 0 Å². The predicted molar refractivity (Wildman–Crippen MR) is 87.3 cm³/mol. The van der Waals surface area contributed by atoms with Gasteiger partial charge in [-0.15, -0.1) is 0 Å². The number of H-pyrrole nitrogens is 1. The van der Waals surface area contributed by atoms with Gasteiger partial charge in [0, 0.05) is 5.56 Å². The number of benzene rings is 2. The van der Waals surface area contributed by atoms with Crippen LogP contribution in [-0.4, -0.2) is 30.4 Å². The molecule has 1 heterocycles. The molecule has 0 atom stereocenters. The number of rotatable bonds is 4. The van der Waals surface area contributed by atoms with Gasteiger partial charge in [-0.1, -0.05) is 12.1 Å². The largest absolute Gasteiger partial charge is 0.496 e. The summed E-state index contributed by atoms with van der Waals surface area (Å²) in [7, 11) is 2.62. The van der Waals surface area contributed by atoms with E-state index in [2.05, 4.69) is 14.9 Å². The van der Waals surface area contributed by atoms with Crippen LogP contribution in [0.5, 0.6) is 5.75 Å². The van der Waals surface area contributed by atoms with E-state index in [0.717, 1.165) is 0 Å². The molecule has 128 valence electrons. The van der Waals surface area contributed by atoms with E-state index in [0.29, 0.717) is 22.7 Å². The van der Waals surface area contributed by atoms with E-state index in [9.17, 15) is 13.6 Å². The van der Waals surface area contributed by atoms with Gasteiger partial charge in [-0.3, -0.25) is 5.10 Å². The van der Waals surface area contributed by atoms with Crippen molar-refractivity contribution < 1.29 is 23.0 Å². The normalized spacial score (nSPS) is 10.6. The highest BCUT2D eigenvalue weighted by molar-refractivity contribution is 5.90. The minimum Gasteiger partial charge on any atom is -0.496 e. The van der Waals surface area contributed by atoms with E-state index in [4.69, 9.17) is 4.74 Å². The van der Waals surface area contributed by atoms with Crippen LogP contribution < -0.4 is 4.74 Å². The second kappa shape index (κ2) is 6.72. The van der Waals surface area contributed by atoms with Crippen molar-refractivity contribution in [2.75, 3.05) is 14.2 Å². The number of ether oxygens (including phenoxy) is 2. The third kappa shape index (κ3) is 3.08. The first-order valence-corrected chi connectivity index (χ1v) is 7.31. The van der Waals surface area contributed by atoms with Crippen LogP contribution in [0.3, 0.4) is 0 Å². The topological polar surface area (TPSA) is 64.2 Å². The Bertz CT molecular complexity index is 938. The Morgan fingerprint density at radius 2 is 1.88 bits per heavy atom. The molecule has 0 bridgehead atoms. The number of aromatic amines is 1. The number of methoxy groups -OCH3 is 2. The van der Waals surface area contributed by atoms with Crippen molar-refractivity contribution in [3.8, 4) is 28.3 Å². The summed E-state index contributed by atoms with van der Waals surface area (Å²) in [6, 6.07) is 10.1. The van der Waals surface area contributed by atoms with E-state index in [1.54, 1.807) is 12.1 Å². The molecule has 1 N–H and O–H groups in total. The second-order valence-corrected chi connectivity index (χ2v) is 5.17. The maximum atomic E-state index is 14.1. The van der Waals surface area contributed by atoms with Crippen molar-refractivity contribution in [1.29, 1.82) is 0 Å². The summed E-state index contributed by atoms with van der Waals surface area (Å²) < 4.78 is 37.9. The Morgan fingerprint density at radius 1 is 1.08 bits per heavy atom. The van der Waals surface area contributed by atoms with Crippen LogP contribution in [0.1, 0.15) is 10.4 Å². The van der Waals surface area contributed by atoms with Crippen LogP contribution in [0.4, 0.5) is 8.78 Å². The molecule has 0 aliphatic rings. The Hall–Kier alpha value is -3.22. The lowest BCUT2D eigenvalue weighted by Gasteiger charge is -2.06. The van der Waals surface area contributed by atoms with Gasteiger partial charge in [-0.25, -0.2) is 13.6 Å². The number of carbonyl (C=O) groups excluding carboxylic acids is 1. The number of hydrogen-bond donors (Lipinski definition) is 1. The SMILES string of the molecule is COC(=O)c1ccc(-c2cc(-c3c(F)cccc3OC)[nH]n2)cc1F. The maximum Gasteiger partial charge on any atom is 0.340 e. The molecule has 0 amide bonds. The molecule has 0 spiro atoms. The minimum absolute atomic E-state index is 0.169. The fraction of sp³-hybridized carbons (Fsp3) is 0.111. The van der Waals surface area contributed by atoms with Crippen LogP contribution in [0.2, 0.25) is 0 Å². The van der Waals surface area contributed by atoms with E-state index in [-0.39, 0.29) is 11.1 Å². The number of esters is 1. The first-order chi connectivity index (χ1) is 12.0. The van der Waals surface area contributed by atoms with Crippen molar-refractivity contribution in [2.45, 2.75) is 0 Å². The highest BCUT2D eigenvalue weighted by Crippen LogP contribution is 2.33. The lowest BCUT2D eigenvalue weighted by molar-refractivity contribution is 0.0595. The molecule has 0 fully saturated rings. The van der Waals surface area contributed by atoms with E-state index in [1.807, 2.05) is 0 Å².